The van der Waals surface area contributed by atoms with Gasteiger partial charge in [-0.05, 0) is 44.7 Å². The molecule has 0 spiro atoms. The van der Waals surface area contributed by atoms with Crippen molar-refractivity contribution in [3.05, 3.63) is 76.7 Å². The van der Waals surface area contributed by atoms with Crippen LogP contribution >= 0.6 is 23.2 Å². The molecule has 0 bridgehead atoms. The first-order valence-electron chi connectivity index (χ1n) is 15.4. The van der Waals surface area contributed by atoms with Gasteiger partial charge in [0.2, 0.25) is 0 Å². The third-order valence-corrected chi connectivity index (χ3v) is 9.22. The lowest BCUT2D eigenvalue weighted by atomic mass is 10.0. The highest BCUT2D eigenvalue weighted by Gasteiger charge is 2.23. The number of anilines is 4. The first kappa shape index (κ1) is 32.4. The minimum atomic E-state index is -0.248. The van der Waals surface area contributed by atoms with Gasteiger partial charge in [0.25, 0.3) is 5.91 Å². The zero-order valence-corrected chi connectivity index (χ0v) is 28.6. The highest BCUT2D eigenvalue weighted by molar-refractivity contribution is 6.41. The maximum absolute atomic E-state index is 12.8. The molecule has 2 aromatic carbocycles. The lowest BCUT2D eigenvalue weighted by molar-refractivity contribution is -0.112. The van der Waals surface area contributed by atoms with Crippen molar-refractivity contribution < 1.29 is 14.3 Å². The number of nitrogens with zero attached hydrogens (tertiary/aromatic N) is 5. The van der Waals surface area contributed by atoms with Crippen molar-refractivity contribution in [1.29, 1.82) is 0 Å². The van der Waals surface area contributed by atoms with Gasteiger partial charge in [-0.25, -0.2) is 9.97 Å². The molecule has 1 aliphatic heterocycles. The smallest absolute Gasteiger partial charge is 0.250 e. The normalized spacial score (nSPS) is 13.6. The van der Waals surface area contributed by atoms with Crippen LogP contribution < -0.4 is 25.0 Å². The number of nitrogens with one attached hydrogen (secondary N) is 2. The van der Waals surface area contributed by atoms with Gasteiger partial charge in [-0.2, -0.15) is 0 Å². The van der Waals surface area contributed by atoms with Crippen molar-refractivity contribution in [3.8, 4) is 22.6 Å². The summed E-state index contributed by atoms with van der Waals surface area (Å²) < 4.78 is 13.0. The van der Waals surface area contributed by atoms with E-state index in [-0.39, 0.29) is 5.91 Å². The highest BCUT2D eigenvalue weighted by Crippen LogP contribution is 2.47. The van der Waals surface area contributed by atoms with Crippen molar-refractivity contribution in [1.82, 2.24) is 19.3 Å². The van der Waals surface area contributed by atoms with Crippen molar-refractivity contribution >= 4 is 68.5 Å². The Hall–Kier alpha value is -4.51. The molecule has 1 amide bonds. The molecule has 10 nitrogen and oxygen atoms in total. The molecule has 0 radical (unpaired) electrons. The zero-order chi connectivity index (χ0) is 33.4. The summed E-state index contributed by atoms with van der Waals surface area (Å²) in [4.78, 5) is 27.1. The predicted octanol–water partition coefficient (Wildman–Crippen LogP) is 7.58. The second kappa shape index (κ2) is 13.3. The number of methoxy groups -OCH3 is 2. The average Bonchev–Trinajstić information content (AvgIpc) is 3.47. The second-order valence-electron chi connectivity index (χ2n) is 11.6. The van der Waals surface area contributed by atoms with Crippen molar-refractivity contribution in [2.45, 2.75) is 20.8 Å². The SMILES string of the molecule is C=C(C)C(=O)Nc1cc(N2CCN(CC)CC2)ccc1Nc1cc2c(cn1)cc(-c1c(Cl)c(OC)cc(OC)c1Cl)c1nc(C)cn12. The Bertz CT molecular complexity index is 1990. The van der Waals surface area contributed by atoms with E-state index < -0.39 is 0 Å². The number of hydrogen-bond acceptors (Lipinski definition) is 8. The van der Waals surface area contributed by atoms with Gasteiger partial charge in [0.15, 0.2) is 0 Å². The lowest BCUT2D eigenvalue weighted by Gasteiger charge is -2.35. The summed E-state index contributed by atoms with van der Waals surface area (Å²) in [7, 11) is 3.09. The molecular weight excluding hydrogens is 637 g/mol. The van der Waals surface area contributed by atoms with Gasteiger partial charge in [-0.15, -0.1) is 0 Å². The minimum Gasteiger partial charge on any atom is -0.495 e. The first-order valence-corrected chi connectivity index (χ1v) is 16.1. The van der Waals surface area contributed by atoms with Crippen molar-refractivity contribution in [2.75, 3.05) is 62.5 Å². The van der Waals surface area contributed by atoms with Crippen LogP contribution in [0, 0.1) is 6.92 Å². The third-order valence-electron chi connectivity index (χ3n) is 8.47. The summed E-state index contributed by atoms with van der Waals surface area (Å²) in [5, 5.41) is 8.00. The first-order chi connectivity index (χ1) is 22.6. The summed E-state index contributed by atoms with van der Waals surface area (Å²) in [5.41, 5.74) is 6.42. The number of benzene rings is 2. The number of carbonyl (C=O) groups is 1. The molecule has 244 valence electrons. The van der Waals surface area contributed by atoms with Crippen LogP contribution in [0.3, 0.4) is 0 Å². The Labute approximate surface area is 283 Å². The van der Waals surface area contributed by atoms with Crippen LogP contribution in [0.4, 0.5) is 22.9 Å². The van der Waals surface area contributed by atoms with Gasteiger partial charge in [0, 0.05) is 78.5 Å². The van der Waals surface area contributed by atoms with E-state index in [9.17, 15) is 4.79 Å². The Kier molecular flexibility index (Phi) is 9.18. The number of amides is 1. The number of hydrogen-bond donors (Lipinski definition) is 2. The maximum atomic E-state index is 12.8. The maximum Gasteiger partial charge on any atom is 0.250 e. The number of aryl methyl sites for hydroxylation is 1. The van der Waals surface area contributed by atoms with Gasteiger partial charge in [-0.3, -0.25) is 9.20 Å². The standard InChI is InChI=1S/C35H37Cl2N7O3/c1-7-42-10-12-43(13-11-42)23-8-9-25(26(15-23)41-35(45)20(2)3)40-30-16-27-22(18-38-30)14-24(34-39-21(4)19-44(27)34)31-32(36)28(46-5)17-29(47-6)33(31)37/h8-9,14-19H,2,7,10-13H2,1,3-6H3,(H,38,40)(H,41,45). The number of ether oxygens (including phenoxy) is 2. The van der Waals surface area contributed by atoms with E-state index in [0.29, 0.717) is 61.1 Å². The Morgan fingerprint density at radius 2 is 1.70 bits per heavy atom. The molecule has 5 aromatic rings. The fraction of sp³-hybridized carbons (Fsp3) is 0.286. The lowest BCUT2D eigenvalue weighted by Crippen LogP contribution is -2.46. The quantitative estimate of drug-likeness (QED) is 0.155. The zero-order valence-electron chi connectivity index (χ0n) is 27.1. The number of imidazole rings is 1. The van der Waals surface area contributed by atoms with Gasteiger partial charge in [-0.1, -0.05) is 36.7 Å². The molecular formula is C35H37Cl2N7O3. The Morgan fingerprint density at radius 1 is 1.00 bits per heavy atom. The molecule has 1 saturated heterocycles. The molecule has 1 fully saturated rings. The molecule has 6 rings (SSSR count). The van der Waals surface area contributed by atoms with Gasteiger partial charge < -0.3 is 29.9 Å². The van der Waals surface area contributed by atoms with Crippen LogP contribution in [0.2, 0.25) is 10.0 Å². The van der Waals surface area contributed by atoms with E-state index in [1.807, 2.05) is 41.8 Å². The molecule has 0 unspecified atom stereocenters. The topological polar surface area (TPSA) is 96.3 Å². The minimum absolute atomic E-state index is 0.248. The molecule has 4 heterocycles. The second-order valence-corrected chi connectivity index (χ2v) is 12.3. The van der Waals surface area contributed by atoms with E-state index in [0.717, 1.165) is 55.0 Å². The van der Waals surface area contributed by atoms with Gasteiger partial charge in [0.1, 0.15) is 23.0 Å². The molecule has 0 saturated carbocycles. The van der Waals surface area contributed by atoms with Crippen LogP contribution in [0.15, 0.2) is 60.9 Å². The molecule has 12 heteroatoms. The number of carbonyl (C=O) groups excluding carboxylic acids is 1. The fourth-order valence-electron chi connectivity index (χ4n) is 5.87. The molecule has 1 aliphatic rings. The van der Waals surface area contributed by atoms with E-state index in [4.69, 9.17) is 42.6 Å². The number of aromatic nitrogens is 3. The average molecular weight is 675 g/mol. The summed E-state index contributed by atoms with van der Waals surface area (Å²) in [6, 6.07) is 11.6. The summed E-state index contributed by atoms with van der Waals surface area (Å²) in [6.07, 6.45) is 3.73. The van der Waals surface area contributed by atoms with E-state index in [1.165, 1.54) is 0 Å². The number of likely N-dealkylation sites (N-methyl/N-ethyl adjacent to an activating group) is 1. The number of rotatable bonds is 9. The molecule has 0 aliphatic carbocycles. The predicted molar refractivity (Wildman–Crippen MR) is 191 cm³/mol. The van der Waals surface area contributed by atoms with Crippen molar-refractivity contribution in [2.24, 2.45) is 0 Å². The number of pyridine rings is 2. The molecule has 47 heavy (non-hydrogen) atoms. The Balaban J connectivity index is 1.41. The molecule has 3 aromatic heterocycles. The van der Waals surface area contributed by atoms with Crippen LogP contribution in [-0.2, 0) is 4.79 Å². The summed E-state index contributed by atoms with van der Waals surface area (Å²) >= 11 is 13.7. The van der Waals surface area contributed by atoms with E-state index >= 15 is 0 Å². The summed E-state index contributed by atoms with van der Waals surface area (Å²) in [6.45, 7) is 14.5. The monoisotopic (exact) mass is 673 g/mol. The molecule has 2 N–H and O–H groups in total. The highest BCUT2D eigenvalue weighted by atomic mass is 35.5. The van der Waals surface area contributed by atoms with Crippen LogP contribution in [0.1, 0.15) is 19.5 Å². The number of halogens is 2. The molecule has 0 atom stereocenters. The summed E-state index contributed by atoms with van der Waals surface area (Å²) in [5.74, 6) is 1.21. The van der Waals surface area contributed by atoms with Crippen LogP contribution in [-0.4, -0.2) is 72.1 Å². The third kappa shape index (κ3) is 6.28. The van der Waals surface area contributed by atoms with E-state index in [1.54, 1.807) is 33.4 Å². The van der Waals surface area contributed by atoms with Crippen LogP contribution in [0.5, 0.6) is 11.5 Å². The van der Waals surface area contributed by atoms with Gasteiger partial charge in [0.05, 0.1) is 46.9 Å². The largest absolute Gasteiger partial charge is 0.495 e. The fourth-order valence-corrected chi connectivity index (χ4v) is 6.58. The van der Waals surface area contributed by atoms with E-state index in [2.05, 4.69) is 40.0 Å². The Morgan fingerprint density at radius 3 is 2.34 bits per heavy atom. The number of piperazine rings is 1. The van der Waals surface area contributed by atoms with Crippen molar-refractivity contribution in [3.63, 3.8) is 0 Å². The number of fused-ring (bicyclic) bond motifs is 3. The van der Waals surface area contributed by atoms with Crippen LogP contribution in [0.25, 0.3) is 27.7 Å². The van der Waals surface area contributed by atoms with Gasteiger partial charge >= 0.3 is 0 Å².